The second-order valence-corrected chi connectivity index (χ2v) is 3.65. The Morgan fingerprint density at radius 3 is 2.27 bits per heavy atom. The van der Waals surface area contributed by atoms with Crippen molar-refractivity contribution in [2.24, 2.45) is 17.0 Å². The van der Waals surface area contributed by atoms with E-state index in [1.54, 1.807) is 0 Å². The SMILES string of the molecule is CC(C)(C)C(=O)CC(N)NN. The van der Waals surface area contributed by atoms with Gasteiger partial charge in [0.05, 0.1) is 6.17 Å². The predicted octanol–water partition coefficient (Wildman–Crippen LogP) is -0.260. The average Bonchev–Trinajstić information content (AvgIpc) is 1.85. The standard InChI is InChI=1S/C7H17N3O/c1-7(2,3)5(11)4-6(8)10-9/h6,10H,4,8-9H2,1-3H3. The molecule has 0 bridgehead atoms. The van der Waals surface area contributed by atoms with Crippen LogP contribution in [0.3, 0.4) is 0 Å². The van der Waals surface area contributed by atoms with Crippen molar-refractivity contribution >= 4 is 5.78 Å². The van der Waals surface area contributed by atoms with E-state index in [0.717, 1.165) is 0 Å². The maximum atomic E-state index is 11.3. The second kappa shape index (κ2) is 3.80. The fourth-order valence-electron chi connectivity index (χ4n) is 0.565. The fourth-order valence-corrected chi connectivity index (χ4v) is 0.565. The summed E-state index contributed by atoms with van der Waals surface area (Å²) in [5, 5.41) is 0. The molecule has 0 aromatic heterocycles. The maximum absolute atomic E-state index is 11.3. The van der Waals surface area contributed by atoms with E-state index in [-0.39, 0.29) is 17.6 Å². The number of carbonyl (C=O) groups excluding carboxylic acids is 1. The van der Waals surface area contributed by atoms with E-state index < -0.39 is 6.17 Å². The van der Waals surface area contributed by atoms with E-state index in [1.807, 2.05) is 20.8 Å². The third-order valence-electron chi connectivity index (χ3n) is 1.46. The molecule has 0 aliphatic rings. The Morgan fingerprint density at radius 1 is 1.55 bits per heavy atom. The van der Waals surface area contributed by atoms with Crippen LogP contribution in [0.2, 0.25) is 0 Å². The van der Waals surface area contributed by atoms with Gasteiger partial charge in [0.1, 0.15) is 5.78 Å². The Labute approximate surface area is 67.3 Å². The quantitative estimate of drug-likeness (QED) is 0.301. The molecule has 1 unspecified atom stereocenters. The Morgan fingerprint density at radius 2 is 2.00 bits per heavy atom. The third-order valence-corrected chi connectivity index (χ3v) is 1.46. The van der Waals surface area contributed by atoms with Crippen LogP contribution in [0.1, 0.15) is 27.2 Å². The largest absolute Gasteiger partial charge is 0.315 e. The fraction of sp³-hybridized carbons (Fsp3) is 0.857. The van der Waals surface area contributed by atoms with Crippen LogP contribution in [0.4, 0.5) is 0 Å². The summed E-state index contributed by atoms with van der Waals surface area (Å²) in [6.07, 6.45) is -0.151. The molecule has 66 valence electrons. The molecular weight excluding hydrogens is 142 g/mol. The minimum Gasteiger partial charge on any atom is -0.315 e. The molecule has 0 fully saturated rings. The summed E-state index contributed by atoms with van der Waals surface area (Å²) in [4.78, 5) is 11.3. The van der Waals surface area contributed by atoms with E-state index in [0.29, 0.717) is 0 Å². The summed E-state index contributed by atoms with van der Waals surface area (Å²) in [5.41, 5.74) is 7.41. The van der Waals surface area contributed by atoms with Gasteiger partial charge in [0.25, 0.3) is 0 Å². The molecule has 0 aromatic rings. The number of hydrogen-bond acceptors (Lipinski definition) is 4. The monoisotopic (exact) mass is 159 g/mol. The number of ketones is 1. The van der Waals surface area contributed by atoms with Crippen molar-refractivity contribution in [3.8, 4) is 0 Å². The van der Waals surface area contributed by atoms with Crippen LogP contribution in [0, 0.1) is 5.41 Å². The molecule has 11 heavy (non-hydrogen) atoms. The molecule has 4 heteroatoms. The van der Waals surface area contributed by atoms with Gasteiger partial charge in [-0.15, -0.1) is 0 Å². The zero-order chi connectivity index (χ0) is 9.07. The molecule has 0 amide bonds. The molecule has 4 nitrogen and oxygen atoms in total. The molecule has 0 aliphatic carbocycles. The Balaban J connectivity index is 3.88. The normalized spacial score (nSPS) is 14.6. The van der Waals surface area contributed by atoms with Crippen molar-refractivity contribution in [1.82, 2.24) is 5.43 Å². The highest BCUT2D eigenvalue weighted by atomic mass is 16.1. The van der Waals surface area contributed by atoms with Gasteiger partial charge in [-0.1, -0.05) is 20.8 Å². The zero-order valence-corrected chi connectivity index (χ0v) is 7.35. The molecule has 0 rings (SSSR count). The van der Waals surface area contributed by atoms with E-state index in [9.17, 15) is 4.79 Å². The second-order valence-electron chi connectivity index (χ2n) is 3.65. The first-order valence-electron chi connectivity index (χ1n) is 3.63. The molecule has 1 atom stereocenters. The lowest BCUT2D eigenvalue weighted by molar-refractivity contribution is -0.126. The molecular formula is C7H17N3O. The number of hydrogen-bond donors (Lipinski definition) is 3. The van der Waals surface area contributed by atoms with Gasteiger partial charge < -0.3 is 5.73 Å². The smallest absolute Gasteiger partial charge is 0.141 e. The molecule has 0 spiro atoms. The average molecular weight is 159 g/mol. The summed E-state index contributed by atoms with van der Waals surface area (Å²) < 4.78 is 0. The lowest BCUT2D eigenvalue weighted by Crippen LogP contribution is -2.45. The summed E-state index contributed by atoms with van der Waals surface area (Å²) in [5.74, 6) is 5.15. The topological polar surface area (TPSA) is 81.1 Å². The van der Waals surface area contributed by atoms with Crippen molar-refractivity contribution in [3.05, 3.63) is 0 Å². The minimum absolute atomic E-state index is 0.114. The van der Waals surface area contributed by atoms with E-state index in [2.05, 4.69) is 5.43 Å². The van der Waals surface area contributed by atoms with Gasteiger partial charge in [0.2, 0.25) is 0 Å². The van der Waals surface area contributed by atoms with Gasteiger partial charge in [0, 0.05) is 11.8 Å². The minimum atomic E-state index is -0.429. The molecule has 0 radical (unpaired) electrons. The van der Waals surface area contributed by atoms with Gasteiger partial charge in [-0.05, 0) is 0 Å². The van der Waals surface area contributed by atoms with Crippen molar-refractivity contribution in [1.29, 1.82) is 0 Å². The lowest BCUT2D eigenvalue weighted by atomic mass is 9.88. The third kappa shape index (κ3) is 4.08. The van der Waals surface area contributed by atoms with Crippen LogP contribution in [-0.2, 0) is 4.79 Å². The van der Waals surface area contributed by atoms with Gasteiger partial charge >= 0.3 is 0 Å². The number of nitrogens with one attached hydrogen (secondary N) is 1. The molecule has 0 heterocycles. The Bertz CT molecular complexity index is 139. The first kappa shape index (κ1) is 10.6. The highest BCUT2D eigenvalue weighted by Crippen LogP contribution is 2.16. The van der Waals surface area contributed by atoms with Gasteiger partial charge in [-0.2, -0.15) is 0 Å². The molecule has 0 saturated carbocycles. The summed E-state index contributed by atoms with van der Waals surface area (Å²) in [6, 6.07) is 0. The van der Waals surface area contributed by atoms with Crippen LogP contribution in [0.15, 0.2) is 0 Å². The number of carbonyl (C=O) groups is 1. The summed E-state index contributed by atoms with van der Waals surface area (Å²) in [6.45, 7) is 5.58. The van der Waals surface area contributed by atoms with Crippen LogP contribution < -0.4 is 17.0 Å². The molecule has 0 aliphatic heterocycles. The van der Waals surface area contributed by atoms with Crippen LogP contribution in [0.5, 0.6) is 0 Å². The number of Topliss-reactive ketones (excluding diaryl/α,β-unsaturated/α-hetero) is 1. The van der Waals surface area contributed by atoms with Gasteiger partial charge in [-0.25, -0.2) is 5.43 Å². The predicted molar refractivity (Wildman–Crippen MR) is 44.4 cm³/mol. The highest BCUT2D eigenvalue weighted by molar-refractivity contribution is 5.84. The van der Waals surface area contributed by atoms with E-state index in [4.69, 9.17) is 11.6 Å². The van der Waals surface area contributed by atoms with Crippen molar-refractivity contribution in [3.63, 3.8) is 0 Å². The summed E-state index contributed by atoms with van der Waals surface area (Å²) >= 11 is 0. The zero-order valence-electron chi connectivity index (χ0n) is 7.35. The molecule has 0 aromatic carbocycles. The first-order valence-corrected chi connectivity index (χ1v) is 3.63. The number of nitrogens with two attached hydrogens (primary N) is 2. The highest BCUT2D eigenvalue weighted by Gasteiger charge is 2.22. The number of hydrazine groups is 1. The van der Waals surface area contributed by atoms with Gasteiger partial charge in [0.15, 0.2) is 0 Å². The van der Waals surface area contributed by atoms with E-state index in [1.165, 1.54) is 0 Å². The Kier molecular flexibility index (Phi) is 3.65. The van der Waals surface area contributed by atoms with Gasteiger partial charge in [-0.3, -0.25) is 10.6 Å². The maximum Gasteiger partial charge on any atom is 0.141 e. The van der Waals surface area contributed by atoms with Crippen LogP contribution in [-0.4, -0.2) is 11.9 Å². The van der Waals surface area contributed by atoms with Crippen molar-refractivity contribution < 1.29 is 4.79 Å². The van der Waals surface area contributed by atoms with Crippen LogP contribution in [0.25, 0.3) is 0 Å². The molecule has 5 N–H and O–H groups in total. The van der Waals surface area contributed by atoms with Crippen molar-refractivity contribution in [2.75, 3.05) is 0 Å². The Hall–Kier alpha value is -0.450. The van der Waals surface area contributed by atoms with Crippen LogP contribution >= 0.6 is 0 Å². The first-order chi connectivity index (χ1) is 4.88. The molecule has 0 saturated heterocycles. The van der Waals surface area contributed by atoms with E-state index >= 15 is 0 Å². The lowest BCUT2D eigenvalue weighted by Gasteiger charge is -2.18. The number of rotatable bonds is 3. The summed E-state index contributed by atoms with van der Waals surface area (Å²) in [7, 11) is 0. The van der Waals surface area contributed by atoms with Crippen molar-refractivity contribution in [2.45, 2.75) is 33.4 Å².